The lowest BCUT2D eigenvalue weighted by molar-refractivity contribution is 0.183. The molecule has 4 N–H and O–H groups in total. The van der Waals surface area contributed by atoms with E-state index in [2.05, 4.69) is 6.92 Å². The zero-order valence-electron chi connectivity index (χ0n) is 17.1. The molecule has 0 aromatic heterocycles. The van der Waals surface area contributed by atoms with Gasteiger partial charge in [-0.1, -0.05) is 103 Å². The van der Waals surface area contributed by atoms with Crippen molar-refractivity contribution in [1.82, 2.24) is 0 Å². The molecule has 0 atom stereocenters. The summed E-state index contributed by atoms with van der Waals surface area (Å²) in [4.78, 5) is 0. The fourth-order valence-electron chi connectivity index (χ4n) is 3.67. The van der Waals surface area contributed by atoms with Gasteiger partial charge in [0.25, 0.3) is 0 Å². The Bertz CT molecular complexity index is 252. The van der Waals surface area contributed by atoms with Crippen molar-refractivity contribution < 1.29 is 10.2 Å². The van der Waals surface area contributed by atoms with E-state index in [0.29, 0.717) is 12.8 Å². The van der Waals surface area contributed by atoms with Crippen molar-refractivity contribution in [3.05, 3.63) is 0 Å². The lowest BCUT2D eigenvalue weighted by atomic mass is 9.87. The van der Waals surface area contributed by atoms with Crippen LogP contribution in [0, 0.1) is 0 Å². The minimum Gasteiger partial charge on any atom is -0.396 e. The van der Waals surface area contributed by atoms with Gasteiger partial charge in [0.05, 0.1) is 0 Å². The summed E-state index contributed by atoms with van der Waals surface area (Å²) in [6.07, 6.45) is 22.7. The van der Waals surface area contributed by atoms with Gasteiger partial charge in [-0.25, -0.2) is 0 Å². The number of nitrogens with two attached hydrogens (primary N) is 1. The van der Waals surface area contributed by atoms with E-state index in [0.717, 1.165) is 12.8 Å². The maximum absolute atomic E-state index is 9.09. The van der Waals surface area contributed by atoms with Crippen LogP contribution in [-0.4, -0.2) is 29.0 Å². The SMILES string of the molecule is CCCCCCCCCCCCCCCCCC(N)(CCO)CCO. The van der Waals surface area contributed by atoms with Crippen molar-refractivity contribution in [2.75, 3.05) is 13.2 Å². The number of aliphatic hydroxyl groups is 2. The van der Waals surface area contributed by atoms with Gasteiger partial charge in [0.2, 0.25) is 0 Å². The minimum absolute atomic E-state index is 0.120. The summed E-state index contributed by atoms with van der Waals surface area (Å²) in [5.74, 6) is 0. The lowest BCUT2D eigenvalue weighted by Gasteiger charge is -2.28. The van der Waals surface area contributed by atoms with Crippen molar-refractivity contribution in [2.24, 2.45) is 5.73 Å². The normalized spacial score (nSPS) is 12.0. The first kappa shape index (κ1) is 24.9. The highest BCUT2D eigenvalue weighted by atomic mass is 16.3. The van der Waals surface area contributed by atoms with E-state index in [9.17, 15) is 0 Å². The van der Waals surface area contributed by atoms with Gasteiger partial charge in [0, 0.05) is 18.8 Å². The summed E-state index contributed by atoms with van der Waals surface area (Å²) in [7, 11) is 0. The smallest absolute Gasteiger partial charge is 0.0448 e. The van der Waals surface area contributed by atoms with E-state index >= 15 is 0 Å². The standard InChI is InChI=1S/C22H47NO2/c1-2-3-4-5-6-7-8-9-10-11-12-13-14-15-16-17-22(23,18-20-24)19-21-25/h24-25H,2-21,23H2,1H3. The molecule has 0 bridgehead atoms. The topological polar surface area (TPSA) is 66.5 Å². The lowest BCUT2D eigenvalue weighted by Crippen LogP contribution is -2.41. The molecule has 0 saturated carbocycles. The Morgan fingerprint density at radius 2 is 0.840 bits per heavy atom. The third kappa shape index (κ3) is 17.1. The first-order valence-electron chi connectivity index (χ1n) is 11.2. The van der Waals surface area contributed by atoms with Crippen molar-refractivity contribution in [2.45, 2.75) is 128 Å². The molecule has 0 unspecified atom stereocenters. The number of rotatable bonds is 20. The fraction of sp³-hybridized carbons (Fsp3) is 1.00. The number of hydrogen-bond acceptors (Lipinski definition) is 3. The molecule has 0 saturated heterocycles. The molecule has 0 radical (unpaired) electrons. The van der Waals surface area contributed by atoms with Gasteiger partial charge in [-0.05, 0) is 19.3 Å². The van der Waals surface area contributed by atoms with E-state index in [1.807, 2.05) is 0 Å². The van der Waals surface area contributed by atoms with E-state index in [4.69, 9.17) is 15.9 Å². The summed E-state index contributed by atoms with van der Waals surface area (Å²) < 4.78 is 0. The summed E-state index contributed by atoms with van der Waals surface area (Å²) in [5, 5.41) is 18.2. The highest BCUT2D eigenvalue weighted by Crippen LogP contribution is 2.21. The number of aliphatic hydroxyl groups excluding tert-OH is 2. The van der Waals surface area contributed by atoms with Crippen LogP contribution in [0.1, 0.15) is 122 Å². The fourth-order valence-corrected chi connectivity index (χ4v) is 3.67. The molecule has 0 aliphatic rings. The summed E-state index contributed by atoms with van der Waals surface area (Å²) in [5.41, 5.74) is 5.89. The summed E-state index contributed by atoms with van der Waals surface area (Å²) >= 11 is 0. The molecular weight excluding hydrogens is 310 g/mol. The van der Waals surface area contributed by atoms with Crippen molar-refractivity contribution in [3.8, 4) is 0 Å². The molecule has 0 amide bonds. The van der Waals surface area contributed by atoms with Crippen LogP contribution < -0.4 is 5.73 Å². The average molecular weight is 358 g/mol. The number of hydrogen-bond donors (Lipinski definition) is 3. The Morgan fingerprint density at radius 1 is 0.520 bits per heavy atom. The van der Waals surface area contributed by atoms with E-state index < -0.39 is 0 Å². The molecule has 25 heavy (non-hydrogen) atoms. The molecule has 0 spiro atoms. The van der Waals surface area contributed by atoms with Crippen LogP contribution in [0.2, 0.25) is 0 Å². The van der Waals surface area contributed by atoms with Crippen molar-refractivity contribution in [1.29, 1.82) is 0 Å². The molecule has 0 rings (SSSR count). The first-order chi connectivity index (χ1) is 12.2. The third-order valence-corrected chi connectivity index (χ3v) is 5.50. The average Bonchev–Trinajstić information content (AvgIpc) is 2.59. The second-order valence-corrected chi connectivity index (χ2v) is 8.01. The van der Waals surface area contributed by atoms with Gasteiger partial charge in [0.15, 0.2) is 0 Å². The highest BCUT2D eigenvalue weighted by Gasteiger charge is 2.22. The first-order valence-corrected chi connectivity index (χ1v) is 11.2. The molecule has 0 aromatic rings. The zero-order valence-corrected chi connectivity index (χ0v) is 17.1. The van der Waals surface area contributed by atoms with Crippen LogP contribution in [0.25, 0.3) is 0 Å². The predicted molar refractivity (Wildman–Crippen MR) is 110 cm³/mol. The van der Waals surface area contributed by atoms with Gasteiger partial charge in [-0.15, -0.1) is 0 Å². The van der Waals surface area contributed by atoms with E-state index in [1.165, 1.54) is 89.9 Å². The van der Waals surface area contributed by atoms with Crippen LogP contribution in [0.15, 0.2) is 0 Å². The van der Waals surface area contributed by atoms with Gasteiger partial charge in [-0.2, -0.15) is 0 Å². The molecule has 152 valence electrons. The quantitative estimate of drug-likeness (QED) is 0.244. The molecule has 3 nitrogen and oxygen atoms in total. The molecule has 0 aromatic carbocycles. The van der Waals surface area contributed by atoms with Crippen LogP contribution in [0.5, 0.6) is 0 Å². The van der Waals surface area contributed by atoms with Crippen LogP contribution in [0.4, 0.5) is 0 Å². The second-order valence-electron chi connectivity index (χ2n) is 8.01. The Balaban J connectivity index is 3.28. The maximum atomic E-state index is 9.09. The highest BCUT2D eigenvalue weighted by molar-refractivity contribution is 4.83. The van der Waals surface area contributed by atoms with E-state index in [1.54, 1.807) is 0 Å². The molecular formula is C22H47NO2. The Morgan fingerprint density at radius 3 is 1.16 bits per heavy atom. The Hall–Kier alpha value is -0.120. The third-order valence-electron chi connectivity index (χ3n) is 5.50. The zero-order chi connectivity index (χ0) is 18.6. The van der Waals surface area contributed by atoms with Gasteiger partial charge in [0.1, 0.15) is 0 Å². The number of unbranched alkanes of at least 4 members (excludes halogenated alkanes) is 14. The minimum atomic E-state index is -0.361. The molecule has 0 heterocycles. The van der Waals surface area contributed by atoms with E-state index in [-0.39, 0.29) is 18.8 Å². The molecule has 0 aliphatic heterocycles. The predicted octanol–water partition coefficient (Wildman–Crippen LogP) is 5.71. The van der Waals surface area contributed by atoms with Gasteiger partial charge >= 0.3 is 0 Å². The van der Waals surface area contributed by atoms with Crippen molar-refractivity contribution in [3.63, 3.8) is 0 Å². The van der Waals surface area contributed by atoms with Crippen LogP contribution >= 0.6 is 0 Å². The van der Waals surface area contributed by atoms with Crippen molar-refractivity contribution >= 4 is 0 Å². The molecule has 3 heteroatoms. The summed E-state index contributed by atoms with van der Waals surface area (Å²) in [6, 6.07) is 0. The van der Waals surface area contributed by atoms with Gasteiger partial charge in [-0.3, -0.25) is 0 Å². The van der Waals surface area contributed by atoms with Crippen LogP contribution in [-0.2, 0) is 0 Å². The Labute approximate surface area is 157 Å². The molecule has 0 fully saturated rings. The monoisotopic (exact) mass is 357 g/mol. The maximum Gasteiger partial charge on any atom is 0.0448 e. The second kappa shape index (κ2) is 18.7. The molecule has 0 aliphatic carbocycles. The summed E-state index contributed by atoms with van der Waals surface area (Å²) in [6.45, 7) is 2.52. The largest absolute Gasteiger partial charge is 0.396 e. The van der Waals surface area contributed by atoms with Gasteiger partial charge < -0.3 is 15.9 Å². The Kier molecular flexibility index (Phi) is 18.6. The van der Waals surface area contributed by atoms with Crippen LogP contribution in [0.3, 0.4) is 0 Å².